The third kappa shape index (κ3) is 4.33. The van der Waals surface area contributed by atoms with Crippen LogP contribution in [-0.2, 0) is 9.53 Å². The van der Waals surface area contributed by atoms with E-state index in [9.17, 15) is 9.59 Å². The molecule has 8 heteroatoms. The number of esters is 1. The fraction of sp³-hybridized carbons (Fsp3) is 0.269. The minimum atomic E-state index is -0.718. The number of aromatic nitrogens is 1. The predicted octanol–water partition coefficient (Wildman–Crippen LogP) is 3.91. The molecule has 0 saturated heterocycles. The summed E-state index contributed by atoms with van der Waals surface area (Å²) in [6, 6.07) is 14.6. The number of carbonyl (C=O) groups is 1. The SMILES string of the molecule is CCN(CC)c1ccc(/C=c2\sc3n(c2=O)[C@H](c2ccccc2Cl)C(C(=O)OC)=C(C)N=3)cc1. The van der Waals surface area contributed by atoms with Crippen LogP contribution in [0.25, 0.3) is 6.08 Å². The quantitative estimate of drug-likeness (QED) is 0.486. The number of halogens is 1. The van der Waals surface area contributed by atoms with E-state index < -0.39 is 12.0 Å². The summed E-state index contributed by atoms with van der Waals surface area (Å²) in [5.74, 6) is -0.535. The van der Waals surface area contributed by atoms with E-state index in [1.165, 1.54) is 18.4 Å². The van der Waals surface area contributed by atoms with E-state index in [-0.39, 0.29) is 5.56 Å². The maximum absolute atomic E-state index is 13.6. The second-order valence-corrected chi connectivity index (χ2v) is 9.28. The fourth-order valence-corrected chi connectivity index (χ4v) is 5.49. The van der Waals surface area contributed by atoms with E-state index in [0.29, 0.717) is 31.2 Å². The highest BCUT2D eigenvalue weighted by molar-refractivity contribution is 7.07. The van der Waals surface area contributed by atoms with Gasteiger partial charge in [-0.05, 0) is 56.2 Å². The summed E-state index contributed by atoms with van der Waals surface area (Å²) in [5, 5.41) is 0.463. The number of ether oxygens (including phenoxy) is 1. The first kappa shape index (κ1) is 24.0. The lowest BCUT2D eigenvalue weighted by Crippen LogP contribution is -2.39. The molecular formula is C26H26ClN3O3S. The largest absolute Gasteiger partial charge is 0.466 e. The summed E-state index contributed by atoms with van der Waals surface area (Å²) in [6.07, 6.45) is 1.86. The highest BCUT2D eigenvalue weighted by atomic mass is 35.5. The van der Waals surface area contributed by atoms with Gasteiger partial charge in [-0.15, -0.1) is 0 Å². The van der Waals surface area contributed by atoms with Gasteiger partial charge >= 0.3 is 5.97 Å². The Hall–Kier alpha value is -3.16. The summed E-state index contributed by atoms with van der Waals surface area (Å²) in [7, 11) is 1.32. The Kier molecular flexibility index (Phi) is 7.05. The standard InChI is InChI=1S/C26H26ClN3O3S/c1-5-29(6-2)18-13-11-17(12-14-18)15-21-24(31)30-23(19-9-7-8-10-20(19)27)22(25(32)33-4)16(3)28-26(30)34-21/h7-15,23H,5-6H2,1-4H3/b21-15-/t23-/m1/s1. The van der Waals surface area contributed by atoms with Crippen LogP contribution in [0.1, 0.15) is 37.9 Å². The number of anilines is 1. The molecule has 1 aliphatic heterocycles. The third-order valence-corrected chi connectivity index (χ3v) is 7.27. The Morgan fingerprint density at radius 2 is 1.85 bits per heavy atom. The van der Waals surface area contributed by atoms with Crippen molar-refractivity contribution in [3.8, 4) is 0 Å². The van der Waals surface area contributed by atoms with Crippen LogP contribution in [0.2, 0.25) is 5.02 Å². The molecule has 0 spiro atoms. The van der Waals surface area contributed by atoms with Gasteiger partial charge in [0.25, 0.3) is 5.56 Å². The molecule has 176 valence electrons. The molecule has 2 heterocycles. The number of allylic oxidation sites excluding steroid dienone is 1. The second kappa shape index (κ2) is 9.99. The van der Waals surface area contributed by atoms with E-state index in [2.05, 4.69) is 35.9 Å². The van der Waals surface area contributed by atoms with E-state index in [1.807, 2.05) is 36.4 Å². The molecular weight excluding hydrogens is 470 g/mol. The van der Waals surface area contributed by atoms with Crippen LogP contribution in [0.5, 0.6) is 0 Å². The Balaban J connectivity index is 1.88. The Bertz CT molecular complexity index is 1430. The minimum Gasteiger partial charge on any atom is -0.466 e. The van der Waals surface area contributed by atoms with Crippen LogP contribution in [0.4, 0.5) is 5.69 Å². The molecule has 3 aromatic rings. The Morgan fingerprint density at radius 1 is 1.18 bits per heavy atom. The molecule has 1 aliphatic rings. The zero-order valence-electron chi connectivity index (χ0n) is 19.5. The van der Waals surface area contributed by atoms with E-state index >= 15 is 0 Å². The van der Waals surface area contributed by atoms with Crippen LogP contribution in [0.3, 0.4) is 0 Å². The van der Waals surface area contributed by atoms with Crippen LogP contribution < -0.4 is 19.8 Å². The lowest BCUT2D eigenvalue weighted by Gasteiger charge is -2.25. The lowest BCUT2D eigenvalue weighted by molar-refractivity contribution is -0.136. The first-order chi connectivity index (χ1) is 16.4. The summed E-state index contributed by atoms with van der Waals surface area (Å²) in [4.78, 5) is 33.7. The molecule has 0 radical (unpaired) electrons. The van der Waals surface area contributed by atoms with Crippen molar-refractivity contribution < 1.29 is 9.53 Å². The molecule has 0 N–H and O–H groups in total. The molecule has 1 atom stereocenters. The number of rotatable bonds is 6. The second-order valence-electron chi connectivity index (χ2n) is 7.86. The van der Waals surface area contributed by atoms with Gasteiger partial charge in [-0.2, -0.15) is 0 Å². The van der Waals surface area contributed by atoms with Crippen molar-refractivity contribution in [1.29, 1.82) is 0 Å². The average Bonchev–Trinajstić information content (AvgIpc) is 3.14. The molecule has 1 aromatic heterocycles. The summed E-state index contributed by atoms with van der Waals surface area (Å²) < 4.78 is 7.11. The van der Waals surface area contributed by atoms with Crippen molar-refractivity contribution in [3.63, 3.8) is 0 Å². The topological polar surface area (TPSA) is 63.9 Å². The molecule has 0 amide bonds. The van der Waals surface area contributed by atoms with Gasteiger partial charge < -0.3 is 9.64 Å². The van der Waals surface area contributed by atoms with Crippen molar-refractivity contribution >= 4 is 40.7 Å². The van der Waals surface area contributed by atoms with Gasteiger partial charge in [0.15, 0.2) is 4.80 Å². The average molecular weight is 496 g/mol. The van der Waals surface area contributed by atoms with Gasteiger partial charge in [-0.1, -0.05) is 53.3 Å². The molecule has 2 aromatic carbocycles. The van der Waals surface area contributed by atoms with Gasteiger partial charge in [-0.3, -0.25) is 9.36 Å². The van der Waals surface area contributed by atoms with Crippen molar-refractivity contribution in [3.05, 3.63) is 95.6 Å². The molecule has 0 saturated carbocycles. The Labute approximate surface area is 207 Å². The van der Waals surface area contributed by atoms with Gasteiger partial charge in [-0.25, -0.2) is 9.79 Å². The first-order valence-electron chi connectivity index (χ1n) is 11.1. The van der Waals surface area contributed by atoms with Gasteiger partial charge in [0.1, 0.15) is 6.04 Å². The molecule has 0 bridgehead atoms. The van der Waals surface area contributed by atoms with Crippen molar-refractivity contribution in [1.82, 2.24) is 4.57 Å². The van der Waals surface area contributed by atoms with Crippen LogP contribution >= 0.6 is 22.9 Å². The monoisotopic (exact) mass is 495 g/mol. The van der Waals surface area contributed by atoms with Crippen molar-refractivity contribution in [2.75, 3.05) is 25.1 Å². The van der Waals surface area contributed by atoms with Gasteiger partial charge in [0.2, 0.25) is 0 Å². The van der Waals surface area contributed by atoms with Gasteiger partial charge in [0.05, 0.1) is 22.9 Å². The summed E-state index contributed by atoms with van der Waals surface area (Å²) in [6.45, 7) is 7.85. The Morgan fingerprint density at radius 3 is 2.47 bits per heavy atom. The number of benzene rings is 2. The van der Waals surface area contributed by atoms with Gasteiger partial charge in [0, 0.05) is 23.8 Å². The zero-order valence-corrected chi connectivity index (χ0v) is 21.1. The summed E-state index contributed by atoms with van der Waals surface area (Å²) in [5.41, 5.74) is 3.29. The van der Waals surface area contributed by atoms with Crippen LogP contribution in [0.15, 0.2) is 69.6 Å². The first-order valence-corrected chi connectivity index (χ1v) is 12.3. The lowest BCUT2D eigenvalue weighted by atomic mass is 9.96. The summed E-state index contributed by atoms with van der Waals surface area (Å²) >= 11 is 7.80. The number of hydrogen-bond donors (Lipinski definition) is 0. The number of carbonyl (C=O) groups excluding carboxylic acids is 1. The highest BCUT2D eigenvalue weighted by Crippen LogP contribution is 2.34. The van der Waals surface area contributed by atoms with Crippen LogP contribution in [-0.4, -0.2) is 30.7 Å². The maximum atomic E-state index is 13.6. The maximum Gasteiger partial charge on any atom is 0.338 e. The van der Waals surface area contributed by atoms with E-state index in [1.54, 1.807) is 17.6 Å². The molecule has 0 unspecified atom stereocenters. The molecule has 0 fully saturated rings. The predicted molar refractivity (Wildman–Crippen MR) is 137 cm³/mol. The number of methoxy groups -OCH3 is 1. The molecule has 6 nitrogen and oxygen atoms in total. The van der Waals surface area contributed by atoms with Crippen molar-refractivity contribution in [2.24, 2.45) is 4.99 Å². The third-order valence-electron chi connectivity index (χ3n) is 5.95. The number of hydrogen-bond acceptors (Lipinski definition) is 6. The molecule has 4 rings (SSSR count). The minimum absolute atomic E-state index is 0.226. The smallest absolute Gasteiger partial charge is 0.338 e. The van der Waals surface area contributed by atoms with Crippen molar-refractivity contribution in [2.45, 2.75) is 26.8 Å². The number of nitrogens with zero attached hydrogens (tertiary/aromatic N) is 3. The normalized spacial score (nSPS) is 15.7. The van der Waals surface area contributed by atoms with E-state index in [4.69, 9.17) is 16.3 Å². The fourth-order valence-electron chi connectivity index (χ4n) is 4.21. The number of fused-ring (bicyclic) bond motifs is 1. The molecule has 0 aliphatic carbocycles. The molecule has 34 heavy (non-hydrogen) atoms. The van der Waals surface area contributed by atoms with Crippen LogP contribution in [0, 0.1) is 0 Å². The van der Waals surface area contributed by atoms with E-state index in [0.717, 1.165) is 24.3 Å². The highest BCUT2D eigenvalue weighted by Gasteiger charge is 2.34. The number of thiazole rings is 1. The zero-order chi connectivity index (χ0) is 24.4.